The molecule has 0 spiro atoms. The van der Waals surface area contributed by atoms with Crippen LogP contribution in [0, 0.1) is 10.1 Å². The predicted octanol–water partition coefficient (Wildman–Crippen LogP) is 2.33. The number of hydrogen-bond acceptors (Lipinski definition) is 6. The number of phenols is 1. The third-order valence-electron chi connectivity index (χ3n) is 2.70. The molecule has 1 amide bonds. The molecule has 0 saturated carbocycles. The maximum atomic E-state index is 11.8. The zero-order valence-corrected chi connectivity index (χ0v) is 13.3. The number of aromatic hydroxyl groups is 1. The number of nitrogens with one attached hydrogen (secondary N) is 1. The molecule has 0 unspecified atom stereocenters. The third kappa shape index (κ3) is 5.34. The molecule has 0 radical (unpaired) electrons. The SMILES string of the molecule is CO.O=C(N/N=C/c1cc(Cl)ccc1O)c1ccc([N+](=O)[O-])cc1. The molecule has 126 valence electrons. The summed E-state index contributed by atoms with van der Waals surface area (Å²) in [6, 6.07) is 9.49. The molecule has 9 heteroatoms. The molecule has 2 aromatic rings. The summed E-state index contributed by atoms with van der Waals surface area (Å²) in [5.74, 6) is -0.564. The molecular weight excluding hydrogens is 338 g/mol. The van der Waals surface area contributed by atoms with E-state index in [1.54, 1.807) is 0 Å². The van der Waals surface area contributed by atoms with Crippen molar-refractivity contribution in [2.24, 2.45) is 5.10 Å². The number of nitro groups is 1. The topological polar surface area (TPSA) is 125 Å². The highest BCUT2D eigenvalue weighted by Gasteiger charge is 2.08. The van der Waals surface area contributed by atoms with Gasteiger partial charge >= 0.3 is 0 Å². The van der Waals surface area contributed by atoms with Gasteiger partial charge in [-0.2, -0.15) is 5.10 Å². The Morgan fingerprint density at radius 3 is 2.46 bits per heavy atom. The molecule has 0 saturated heterocycles. The van der Waals surface area contributed by atoms with Crippen LogP contribution in [0.3, 0.4) is 0 Å². The van der Waals surface area contributed by atoms with Gasteiger partial charge in [0.2, 0.25) is 0 Å². The molecule has 0 fully saturated rings. The van der Waals surface area contributed by atoms with Crippen LogP contribution in [-0.4, -0.2) is 34.4 Å². The Hall–Kier alpha value is -2.97. The third-order valence-corrected chi connectivity index (χ3v) is 2.93. The van der Waals surface area contributed by atoms with E-state index < -0.39 is 10.8 Å². The molecule has 24 heavy (non-hydrogen) atoms. The number of rotatable bonds is 4. The van der Waals surface area contributed by atoms with Crippen molar-refractivity contribution in [1.29, 1.82) is 0 Å². The van der Waals surface area contributed by atoms with E-state index in [4.69, 9.17) is 16.7 Å². The molecule has 2 aromatic carbocycles. The second kappa shape index (κ2) is 9.23. The molecule has 0 bridgehead atoms. The number of nitro benzene ring substituents is 1. The van der Waals surface area contributed by atoms with Crippen LogP contribution in [0.25, 0.3) is 0 Å². The Bertz CT molecular complexity index is 747. The number of non-ortho nitro benzene ring substituents is 1. The van der Waals surface area contributed by atoms with Crippen LogP contribution < -0.4 is 5.43 Å². The molecule has 2 rings (SSSR count). The average molecular weight is 352 g/mol. The number of carbonyl (C=O) groups is 1. The summed E-state index contributed by atoms with van der Waals surface area (Å²) in [5.41, 5.74) is 2.71. The maximum Gasteiger partial charge on any atom is 0.271 e. The molecule has 3 N–H and O–H groups in total. The van der Waals surface area contributed by atoms with Crippen molar-refractivity contribution in [1.82, 2.24) is 5.43 Å². The van der Waals surface area contributed by atoms with Crippen LogP contribution in [0.15, 0.2) is 47.6 Å². The highest BCUT2D eigenvalue weighted by molar-refractivity contribution is 6.30. The first-order chi connectivity index (χ1) is 11.5. The van der Waals surface area contributed by atoms with Gasteiger partial charge in [-0.05, 0) is 30.3 Å². The summed E-state index contributed by atoms with van der Waals surface area (Å²) in [4.78, 5) is 21.7. The first kappa shape index (κ1) is 19.1. The fraction of sp³-hybridized carbons (Fsp3) is 0.0667. The summed E-state index contributed by atoms with van der Waals surface area (Å²) in [7, 11) is 1.00. The van der Waals surface area contributed by atoms with E-state index in [1.165, 1.54) is 48.7 Å². The van der Waals surface area contributed by atoms with E-state index in [1.807, 2.05) is 0 Å². The number of hydrazone groups is 1. The van der Waals surface area contributed by atoms with Crippen LogP contribution in [0.4, 0.5) is 5.69 Å². The number of aliphatic hydroxyl groups is 1. The maximum absolute atomic E-state index is 11.8. The van der Waals surface area contributed by atoms with Crippen molar-refractivity contribution >= 4 is 29.4 Å². The molecule has 0 heterocycles. The molecule has 0 aromatic heterocycles. The largest absolute Gasteiger partial charge is 0.507 e. The van der Waals surface area contributed by atoms with E-state index in [2.05, 4.69) is 10.5 Å². The standard InChI is InChI=1S/C14H10ClN3O4.CH4O/c15-11-3-6-13(19)10(7-11)8-16-17-14(20)9-1-4-12(5-2-9)18(21)22;1-2/h1-8,19H,(H,17,20);2H,1H3/b16-8+;. The fourth-order valence-electron chi connectivity index (χ4n) is 1.59. The summed E-state index contributed by atoms with van der Waals surface area (Å²) in [5, 5.41) is 31.2. The highest BCUT2D eigenvalue weighted by Crippen LogP contribution is 2.19. The van der Waals surface area contributed by atoms with Crippen molar-refractivity contribution in [3.05, 3.63) is 68.7 Å². The zero-order chi connectivity index (χ0) is 18.1. The lowest BCUT2D eigenvalue weighted by Crippen LogP contribution is -2.17. The van der Waals surface area contributed by atoms with Gasteiger partial charge < -0.3 is 10.2 Å². The number of carbonyl (C=O) groups excluding carboxylic acids is 1. The normalized spacial score (nSPS) is 9.96. The van der Waals surface area contributed by atoms with Gasteiger partial charge in [-0.25, -0.2) is 5.43 Å². The minimum absolute atomic E-state index is 0.0299. The summed E-state index contributed by atoms with van der Waals surface area (Å²) < 4.78 is 0. The zero-order valence-electron chi connectivity index (χ0n) is 12.5. The Balaban J connectivity index is 0.00000139. The Kier molecular flexibility index (Phi) is 7.34. The lowest BCUT2D eigenvalue weighted by Gasteiger charge is -2.01. The van der Waals surface area contributed by atoms with Gasteiger partial charge in [-0.1, -0.05) is 11.6 Å². The van der Waals surface area contributed by atoms with Gasteiger partial charge in [0.15, 0.2) is 0 Å². The van der Waals surface area contributed by atoms with Gasteiger partial charge in [0.1, 0.15) is 5.75 Å². The number of nitrogens with zero attached hydrogens (tertiary/aromatic N) is 2. The first-order valence-corrected chi connectivity index (χ1v) is 6.86. The number of halogens is 1. The monoisotopic (exact) mass is 351 g/mol. The summed E-state index contributed by atoms with van der Waals surface area (Å²) in [6.45, 7) is 0. The highest BCUT2D eigenvalue weighted by atomic mass is 35.5. The second-order valence-electron chi connectivity index (χ2n) is 4.21. The molecule has 0 aliphatic rings. The Morgan fingerprint density at radius 2 is 1.88 bits per heavy atom. The van der Waals surface area contributed by atoms with Crippen molar-refractivity contribution < 1.29 is 19.9 Å². The smallest absolute Gasteiger partial charge is 0.271 e. The van der Waals surface area contributed by atoms with E-state index in [0.29, 0.717) is 10.6 Å². The van der Waals surface area contributed by atoms with Crippen LogP contribution in [0.1, 0.15) is 15.9 Å². The second-order valence-corrected chi connectivity index (χ2v) is 4.64. The first-order valence-electron chi connectivity index (χ1n) is 6.48. The van der Waals surface area contributed by atoms with Gasteiger partial charge in [0, 0.05) is 35.4 Å². The van der Waals surface area contributed by atoms with Crippen LogP contribution in [0.2, 0.25) is 5.02 Å². The number of phenolic OH excluding ortho intramolecular Hbond substituents is 1. The molecular formula is C15H14ClN3O5. The number of aliphatic hydroxyl groups excluding tert-OH is 1. The molecule has 0 aliphatic carbocycles. The van der Waals surface area contributed by atoms with Gasteiger partial charge in [0.25, 0.3) is 11.6 Å². The van der Waals surface area contributed by atoms with E-state index in [0.717, 1.165) is 7.11 Å². The summed E-state index contributed by atoms with van der Waals surface area (Å²) >= 11 is 5.78. The van der Waals surface area contributed by atoms with Gasteiger partial charge in [0.05, 0.1) is 11.1 Å². The lowest BCUT2D eigenvalue weighted by atomic mass is 10.2. The number of hydrogen-bond donors (Lipinski definition) is 3. The van der Waals surface area contributed by atoms with Crippen LogP contribution in [-0.2, 0) is 0 Å². The van der Waals surface area contributed by atoms with Crippen molar-refractivity contribution in [3.8, 4) is 5.75 Å². The van der Waals surface area contributed by atoms with Crippen molar-refractivity contribution in [2.75, 3.05) is 7.11 Å². The fourth-order valence-corrected chi connectivity index (χ4v) is 1.77. The minimum Gasteiger partial charge on any atom is -0.507 e. The molecule has 0 aliphatic heterocycles. The lowest BCUT2D eigenvalue weighted by molar-refractivity contribution is -0.384. The predicted molar refractivity (Wildman–Crippen MR) is 89.4 cm³/mol. The van der Waals surface area contributed by atoms with E-state index in [9.17, 15) is 20.0 Å². The van der Waals surface area contributed by atoms with E-state index >= 15 is 0 Å². The molecule has 0 atom stereocenters. The quantitative estimate of drug-likeness (QED) is 0.443. The minimum atomic E-state index is -0.554. The van der Waals surface area contributed by atoms with Crippen molar-refractivity contribution in [2.45, 2.75) is 0 Å². The van der Waals surface area contributed by atoms with Gasteiger partial charge in [-0.15, -0.1) is 0 Å². The van der Waals surface area contributed by atoms with Crippen LogP contribution in [0.5, 0.6) is 5.75 Å². The number of amides is 1. The number of benzene rings is 2. The molecule has 8 nitrogen and oxygen atoms in total. The van der Waals surface area contributed by atoms with Crippen LogP contribution >= 0.6 is 11.6 Å². The Morgan fingerprint density at radius 1 is 1.25 bits per heavy atom. The average Bonchev–Trinajstić information content (AvgIpc) is 2.59. The van der Waals surface area contributed by atoms with E-state index in [-0.39, 0.29) is 17.0 Å². The summed E-state index contributed by atoms with van der Waals surface area (Å²) in [6.07, 6.45) is 1.24. The Labute approximate surface area is 142 Å². The van der Waals surface area contributed by atoms with Crippen molar-refractivity contribution in [3.63, 3.8) is 0 Å². The van der Waals surface area contributed by atoms with Gasteiger partial charge in [-0.3, -0.25) is 14.9 Å².